The average Bonchev–Trinajstić information content (AvgIpc) is 2.33. The van der Waals surface area contributed by atoms with Gasteiger partial charge in [0, 0.05) is 31.8 Å². The van der Waals surface area contributed by atoms with E-state index in [-0.39, 0.29) is 17.9 Å². The molecule has 1 aliphatic carbocycles. The zero-order chi connectivity index (χ0) is 13.0. The van der Waals surface area contributed by atoms with Crippen molar-refractivity contribution < 1.29 is 9.90 Å². The zero-order valence-electron chi connectivity index (χ0n) is 10.3. The standard InChI is InChI=1S/C13H18N2O3/c16-11(14-10-13(18)6-3-7-13)5-9-15-8-2-1-4-12(15)17/h1-2,4,8,18H,3,5-7,9-10H2,(H,14,16). The second-order valence-corrected chi connectivity index (χ2v) is 4.84. The Morgan fingerprint density at radius 3 is 2.83 bits per heavy atom. The van der Waals surface area contributed by atoms with Crippen molar-refractivity contribution >= 4 is 5.91 Å². The predicted molar refractivity (Wildman–Crippen MR) is 67.1 cm³/mol. The highest BCUT2D eigenvalue weighted by molar-refractivity contribution is 5.75. The molecule has 1 amide bonds. The number of nitrogens with zero attached hydrogens (tertiary/aromatic N) is 1. The smallest absolute Gasteiger partial charge is 0.250 e. The number of aryl methyl sites for hydroxylation is 1. The number of hydrogen-bond donors (Lipinski definition) is 2. The third-order valence-electron chi connectivity index (χ3n) is 3.38. The van der Waals surface area contributed by atoms with Crippen LogP contribution in [0, 0.1) is 0 Å². The van der Waals surface area contributed by atoms with Gasteiger partial charge in [-0.05, 0) is 25.3 Å². The minimum Gasteiger partial charge on any atom is -0.388 e. The predicted octanol–water partition coefficient (Wildman–Crippen LogP) is 0.270. The summed E-state index contributed by atoms with van der Waals surface area (Å²) in [7, 11) is 0. The van der Waals surface area contributed by atoms with Crippen molar-refractivity contribution in [3.63, 3.8) is 0 Å². The maximum Gasteiger partial charge on any atom is 0.250 e. The molecule has 1 saturated carbocycles. The molecule has 2 N–H and O–H groups in total. The fraction of sp³-hybridized carbons (Fsp3) is 0.538. The summed E-state index contributed by atoms with van der Waals surface area (Å²) in [6.45, 7) is 0.680. The number of nitrogens with one attached hydrogen (secondary N) is 1. The van der Waals surface area contributed by atoms with E-state index in [2.05, 4.69) is 5.32 Å². The molecular weight excluding hydrogens is 232 g/mol. The molecule has 1 heterocycles. The van der Waals surface area contributed by atoms with E-state index in [4.69, 9.17) is 0 Å². The van der Waals surface area contributed by atoms with Gasteiger partial charge in [0.25, 0.3) is 5.56 Å². The molecule has 0 unspecified atom stereocenters. The van der Waals surface area contributed by atoms with Gasteiger partial charge in [0.05, 0.1) is 5.60 Å². The Kier molecular flexibility index (Phi) is 3.81. The summed E-state index contributed by atoms with van der Waals surface area (Å²) in [5.74, 6) is -0.133. The number of carbonyl (C=O) groups is 1. The largest absolute Gasteiger partial charge is 0.388 e. The number of aliphatic hydroxyl groups is 1. The van der Waals surface area contributed by atoms with Gasteiger partial charge < -0.3 is 15.0 Å². The molecule has 18 heavy (non-hydrogen) atoms. The molecule has 98 valence electrons. The lowest BCUT2D eigenvalue weighted by Gasteiger charge is -2.36. The minimum absolute atomic E-state index is 0.108. The Morgan fingerprint density at radius 1 is 1.44 bits per heavy atom. The van der Waals surface area contributed by atoms with E-state index in [9.17, 15) is 14.7 Å². The number of amides is 1. The first-order valence-electron chi connectivity index (χ1n) is 6.24. The Labute approximate surface area is 105 Å². The van der Waals surface area contributed by atoms with E-state index >= 15 is 0 Å². The molecule has 1 aromatic heterocycles. The van der Waals surface area contributed by atoms with Crippen molar-refractivity contribution in [1.82, 2.24) is 9.88 Å². The van der Waals surface area contributed by atoms with Crippen LogP contribution in [0.2, 0.25) is 0 Å². The molecule has 1 aliphatic rings. The second kappa shape index (κ2) is 5.35. The third kappa shape index (κ3) is 3.20. The molecule has 1 aromatic rings. The van der Waals surface area contributed by atoms with Gasteiger partial charge in [0.1, 0.15) is 0 Å². The van der Waals surface area contributed by atoms with Gasteiger partial charge >= 0.3 is 0 Å². The Bertz CT molecular complexity index is 477. The number of hydrogen-bond acceptors (Lipinski definition) is 3. The van der Waals surface area contributed by atoms with Crippen LogP contribution in [-0.2, 0) is 11.3 Å². The average molecular weight is 250 g/mol. The molecule has 1 fully saturated rings. The monoisotopic (exact) mass is 250 g/mol. The number of aromatic nitrogens is 1. The molecule has 0 saturated heterocycles. The van der Waals surface area contributed by atoms with Crippen LogP contribution < -0.4 is 10.9 Å². The maximum absolute atomic E-state index is 11.6. The summed E-state index contributed by atoms with van der Waals surface area (Å²) < 4.78 is 1.50. The SMILES string of the molecule is O=C(CCn1ccccc1=O)NCC1(O)CCC1. The Hall–Kier alpha value is -1.62. The summed E-state index contributed by atoms with van der Waals surface area (Å²) in [5, 5.41) is 12.5. The normalized spacial score (nSPS) is 16.9. The van der Waals surface area contributed by atoms with Gasteiger partial charge in [0.15, 0.2) is 0 Å². The van der Waals surface area contributed by atoms with Crippen LogP contribution in [0.25, 0.3) is 0 Å². The quantitative estimate of drug-likeness (QED) is 0.788. The van der Waals surface area contributed by atoms with Crippen molar-refractivity contribution in [3.8, 4) is 0 Å². The summed E-state index contributed by atoms with van der Waals surface area (Å²) in [6, 6.07) is 4.90. The first-order chi connectivity index (χ1) is 8.59. The van der Waals surface area contributed by atoms with Crippen LogP contribution in [-0.4, -0.2) is 27.7 Å². The van der Waals surface area contributed by atoms with Gasteiger partial charge in [-0.25, -0.2) is 0 Å². The number of rotatable bonds is 5. The van der Waals surface area contributed by atoms with E-state index in [1.54, 1.807) is 18.3 Å². The first-order valence-corrected chi connectivity index (χ1v) is 6.24. The summed E-state index contributed by atoms with van der Waals surface area (Å²) >= 11 is 0. The van der Waals surface area contributed by atoms with E-state index in [1.807, 2.05) is 0 Å². The van der Waals surface area contributed by atoms with Crippen LogP contribution in [0.5, 0.6) is 0 Å². The molecule has 0 aromatic carbocycles. The minimum atomic E-state index is -0.695. The van der Waals surface area contributed by atoms with E-state index < -0.39 is 5.60 Å². The van der Waals surface area contributed by atoms with Crippen molar-refractivity contribution in [2.24, 2.45) is 0 Å². The fourth-order valence-corrected chi connectivity index (χ4v) is 1.98. The van der Waals surface area contributed by atoms with Crippen molar-refractivity contribution in [2.45, 2.75) is 37.8 Å². The lowest BCUT2D eigenvalue weighted by molar-refractivity contribution is -0.123. The summed E-state index contributed by atoms with van der Waals surface area (Å²) in [6.07, 6.45) is 4.44. The van der Waals surface area contributed by atoms with Crippen LogP contribution in [0.3, 0.4) is 0 Å². The highest BCUT2D eigenvalue weighted by atomic mass is 16.3. The van der Waals surface area contributed by atoms with Crippen LogP contribution in [0.4, 0.5) is 0 Å². The topological polar surface area (TPSA) is 71.3 Å². The van der Waals surface area contributed by atoms with E-state index in [0.29, 0.717) is 13.1 Å². The Balaban J connectivity index is 1.75. The third-order valence-corrected chi connectivity index (χ3v) is 3.38. The number of carbonyl (C=O) groups excluding carboxylic acids is 1. The molecule has 2 rings (SSSR count). The van der Waals surface area contributed by atoms with Crippen molar-refractivity contribution in [2.75, 3.05) is 6.54 Å². The maximum atomic E-state index is 11.6. The highest BCUT2D eigenvalue weighted by Gasteiger charge is 2.34. The van der Waals surface area contributed by atoms with Gasteiger partial charge in [-0.3, -0.25) is 9.59 Å². The molecule has 0 radical (unpaired) electrons. The highest BCUT2D eigenvalue weighted by Crippen LogP contribution is 2.30. The van der Waals surface area contributed by atoms with Gasteiger partial charge in [-0.15, -0.1) is 0 Å². The van der Waals surface area contributed by atoms with E-state index in [1.165, 1.54) is 10.6 Å². The Morgan fingerprint density at radius 2 is 2.22 bits per heavy atom. The molecule has 0 atom stereocenters. The van der Waals surface area contributed by atoms with Crippen LogP contribution in [0.15, 0.2) is 29.2 Å². The van der Waals surface area contributed by atoms with Crippen molar-refractivity contribution in [3.05, 3.63) is 34.7 Å². The summed E-state index contributed by atoms with van der Waals surface area (Å²) in [5.41, 5.74) is -0.804. The lowest BCUT2D eigenvalue weighted by Crippen LogP contribution is -2.47. The molecule has 5 nitrogen and oxygen atoms in total. The van der Waals surface area contributed by atoms with Crippen LogP contribution >= 0.6 is 0 Å². The number of pyridine rings is 1. The lowest BCUT2D eigenvalue weighted by atomic mass is 9.80. The first kappa shape index (κ1) is 12.8. The van der Waals surface area contributed by atoms with Gasteiger partial charge in [0.2, 0.25) is 5.91 Å². The van der Waals surface area contributed by atoms with Gasteiger partial charge in [-0.2, -0.15) is 0 Å². The molecule has 5 heteroatoms. The zero-order valence-corrected chi connectivity index (χ0v) is 10.3. The fourth-order valence-electron chi connectivity index (χ4n) is 1.98. The molecular formula is C13H18N2O3. The summed E-state index contributed by atoms with van der Waals surface area (Å²) in [4.78, 5) is 23.0. The van der Waals surface area contributed by atoms with E-state index in [0.717, 1.165) is 19.3 Å². The molecule has 0 aliphatic heterocycles. The van der Waals surface area contributed by atoms with Crippen molar-refractivity contribution in [1.29, 1.82) is 0 Å². The second-order valence-electron chi connectivity index (χ2n) is 4.84. The van der Waals surface area contributed by atoms with Crippen LogP contribution in [0.1, 0.15) is 25.7 Å². The molecule has 0 bridgehead atoms. The van der Waals surface area contributed by atoms with Gasteiger partial charge in [-0.1, -0.05) is 6.07 Å². The molecule has 0 spiro atoms.